The summed E-state index contributed by atoms with van der Waals surface area (Å²) in [6.07, 6.45) is 10.2. The van der Waals surface area contributed by atoms with E-state index in [0.717, 1.165) is 22.4 Å². The van der Waals surface area contributed by atoms with Crippen molar-refractivity contribution < 1.29 is 4.79 Å². The van der Waals surface area contributed by atoms with E-state index in [1.54, 1.807) is 30.9 Å². The van der Waals surface area contributed by atoms with Gasteiger partial charge in [0.15, 0.2) is 0 Å². The molecular weight excluding hydrogens is 276 g/mol. The molecule has 0 bridgehead atoms. The van der Waals surface area contributed by atoms with Crippen LogP contribution in [0.3, 0.4) is 0 Å². The first-order valence-electron chi connectivity index (χ1n) is 6.80. The molecule has 1 amide bonds. The number of rotatable bonds is 4. The number of carbonyl (C=O) groups excluding carboxylic acids is 1. The number of nitrogens with one attached hydrogen (secondary N) is 2. The fraction of sp³-hybridized carbons (Fsp3) is 0. The lowest BCUT2D eigenvalue weighted by Gasteiger charge is -2.03. The second kappa shape index (κ2) is 6.49. The van der Waals surface area contributed by atoms with Crippen LogP contribution in [0.15, 0.2) is 67.3 Å². The molecular formula is C17H14N4O. The highest BCUT2D eigenvalue weighted by Crippen LogP contribution is 2.22. The van der Waals surface area contributed by atoms with Crippen LogP contribution >= 0.6 is 0 Å². The fourth-order valence-corrected chi connectivity index (χ4v) is 2.07. The lowest BCUT2D eigenvalue weighted by molar-refractivity contribution is -0.111. The van der Waals surface area contributed by atoms with Gasteiger partial charge in [0.1, 0.15) is 0 Å². The molecule has 0 radical (unpaired) electrons. The van der Waals surface area contributed by atoms with Crippen LogP contribution in [0, 0.1) is 0 Å². The predicted octanol–water partition coefficient (Wildman–Crippen LogP) is 3.12. The summed E-state index contributed by atoms with van der Waals surface area (Å²) >= 11 is 0. The van der Waals surface area contributed by atoms with E-state index in [1.165, 1.54) is 6.08 Å². The molecule has 2 aromatic heterocycles. The van der Waals surface area contributed by atoms with Gasteiger partial charge < -0.3 is 5.32 Å². The maximum absolute atomic E-state index is 11.9. The van der Waals surface area contributed by atoms with Crippen molar-refractivity contribution in [2.45, 2.75) is 0 Å². The van der Waals surface area contributed by atoms with Gasteiger partial charge in [-0.1, -0.05) is 18.2 Å². The third-order valence-electron chi connectivity index (χ3n) is 3.12. The van der Waals surface area contributed by atoms with Gasteiger partial charge in [-0.3, -0.25) is 14.9 Å². The number of amides is 1. The summed E-state index contributed by atoms with van der Waals surface area (Å²) in [6.45, 7) is 0. The van der Waals surface area contributed by atoms with Gasteiger partial charge >= 0.3 is 0 Å². The van der Waals surface area contributed by atoms with E-state index in [1.807, 2.05) is 36.4 Å². The van der Waals surface area contributed by atoms with Gasteiger partial charge in [-0.15, -0.1) is 0 Å². The second-order valence-electron chi connectivity index (χ2n) is 4.64. The molecule has 1 aromatic carbocycles. The van der Waals surface area contributed by atoms with Crippen molar-refractivity contribution >= 4 is 17.7 Å². The summed E-state index contributed by atoms with van der Waals surface area (Å²) < 4.78 is 0. The number of anilines is 1. The number of hydrogen-bond donors (Lipinski definition) is 2. The summed E-state index contributed by atoms with van der Waals surface area (Å²) in [4.78, 5) is 16.1. The summed E-state index contributed by atoms with van der Waals surface area (Å²) in [6, 6.07) is 11.2. The lowest BCUT2D eigenvalue weighted by Crippen LogP contribution is -2.07. The van der Waals surface area contributed by atoms with E-state index in [-0.39, 0.29) is 5.91 Å². The maximum Gasteiger partial charge on any atom is 0.248 e. The van der Waals surface area contributed by atoms with E-state index in [9.17, 15) is 4.79 Å². The first-order chi connectivity index (χ1) is 10.8. The van der Waals surface area contributed by atoms with Gasteiger partial charge in [0.2, 0.25) is 5.91 Å². The van der Waals surface area contributed by atoms with Crippen molar-refractivity contribution in [2.75, 3.05) is 5.32 Å². The van der Waals surface area contributed by atoms with Crippen LogP contribution in [0.2, 0.25) is 0 Å². The molecule has 5 heteroatoms. The number of para-hydroxylation sites is 1. The number of hydrogen-bond acceptors (Lipinski definition) is 3. The summed E-state index contributed by atoms with van der Waals surface area (Å²) in [7, 11) is 0. The number of H-pyrrole nitrogens is 1. The van der Waals surface area contributed by atoms with Crippen LogP contribution in [0.25, 0.3) is 17.2 Å². The minimum atomic E-state index is -0.187. The molecule has 22 heavy (non-hydrogen) atoms. The molecule has 0 unspecified atom stereocenters. The molecule has 5 nitrogen and oxygen atoms in total. The number of aromatic nitrogens is 3. The zero-order valence-electron chi connectivity index (χ0n) is 11.7. The van der Waals surface area contributed by atoms with Crippen molar-refractivity contribution in [3.05, 3.63) is 72.8 Å². The largest absolute Gasteiger partial charge is 0.323 e. The zero-order valence-corrected chi connectivity index (χ0v) is 11.7. The number of nitrogens with zero attached hydrogens (tertiary/aromatic N) is 2. The topological polar surface area (TPSA) is 70.7 Å². The molecule has 0 atom stereocenters. The smallest absolute Gasteiger partial charge is 0.248 e. The van der Waals surface area contributed by atoms with Crippen LogP contribution in [0.5, 0.6) is 0 Å². The van der Waals surface area contributed by atoms with Gasteiger partial charge in [-0.25, -0.2) is 0 Å². The summed E-state index contributed by atoms with van der Waals surface area (Å²) in [5, 5.41) is 9.52. The first-order valence-corrected chi connectivity index (χ1v) is 6.80. The van der Waals surface area contributed by atoms with Crippen LogP contribution in [-0.2, 0) is 4.79 Å². The molecule has 0 aliphatic heterocycles. The van der Waals surface area contributed by atoms with Crippen molar-refractivity contribution in [3.63, 3.8) is 0 Å². The SMILES string of the molecule is O=C(/C=C/c1cnccc1-c1cn[nH]c1)Nc1ccccc1. The molecule has 0 aliphatic rings. The molecule has 0 saturated heterocycles. The van der Waals surface area contributed by atoms with Crippen molar-refractivity contribution in [1.29, 1.82) is 0 Å². The standard InChI is InChI=1S/C17H14N4O/c22-17(21-15-4-2-1-3-5-15)7-6-13-10-18-9-8-16(13)14-11-19-20-12-14/h1-12H,(H,19,20)(H,21,22)/b7-6+. The minimum Gasteiger partial charge on any atom is -0.323 e. The third-order valence-corrected chi connectivity index (χ3v) is 3.12. The van der Waals surface area contributed by atoms with E-state index >= 15 is 0 Å². The molecule has 0 fully saturated rings. The van der Waals surface area contributed by atoms with Crippen molar-refractivity contribution in [3.8, 4) is 11.1 Å². The number of aromatic amines is 1. The first kappa shape index (κ1) is 13.8. The molecule has 108 valence electrons. The van der Waals surface area contributed by atoms with E-state index in [0.29, 0.717) is 0 Å². The molecule has 0 aliphatic carbocycles. The van der Waals surface area contributed by atoms with Gasteiger partial charge in [0.05, 0.1) is 6.20 Å². The van der Waals surface area contributed by atoms with E-state index in [2.05, 4.69) is 20.5 Å². The van der Waals surface area contributed by atoms with Crippen LogP contribution in [0.1, 0.15) is 5.56 Å². The molecule has 0 saturated carbocycles. The highest BCUT2D eigenvalue weighted by Gasteiger charge is 2.04. The van der Waals surface area contributed by atoms with Gasteiger partial charge in [0, 0.05) is 41.5 Å². The lowest BCUT2D eigenvalue weighted by atomic mass is 10.1. The van der Waals surface area contributed by atoms with Gasteiger partial charge in [-0.05, 0) is 29.8 Å². The molecule has 2 N–H and O–H groups in total. The fourth-order valence-electron chi connectivity index (χ4n) is 2.07. The number of benzene rings is 1. The minimum absolute atomic E-state index is 0.187. The van der Waals surface area contributed by atoms with Crippen LogP contribution in [-0.4, -0.2) is 21.1 Å². The Morgan fingerprint density at radius 2 is 2.00 bits per heavy atom. The average molecular weight is 290 g/mol. The Kier molecular flexibility index (Phi) is 4.06. The maximum atomic E-state index is 11.9. The van der Waals surface area contributed by atoms with Crippen molar-refractivity contribution in [1.82, 2.24) is 15.2 Å². The molecule has 3 aromatic rings. The van der Waals surface area contributed by atoms with E-state index < -0.39 is 0 Å². The second-order valence-corrected chi connectivity index (χ2v) is 4.64. The number of carbonyl (C=O) groups is 1. The monoisotopic (exact) mass is 290 g/mol. The summed E-state index contributed by atoms with van der Waals surface area (Å²) in [5.41, 5.74) is 3.53. The van der Waals surface area contributed by atoms with Crippen LogP contribution < -0.4 is 5.32 Å². The Morgan fingerprint density at radius 1 is 1.14 bits per heavy atom. The van der Waals surface area contributed by atoms with Gasteiger partial charge in [0.25, 0.3) is 0 Å². The summed E-state index contributed by atoms with van der Waals surface area (Å²) in [5.74, 6) is -0.187. The molecule has 2 heterocycles. The third kappa shape index (κ3) is 3.27. The quantitative estimate of drug-likeness (QED) is 0.725. The number of pyridine rings is 1. The van der Waals surface area contributed by atoms with Crippen LogP contribution in [0.4, 0.5) is 5.69 Å². The zero-order chi connectivity index (χ0) is 15.2. The van der Waals surface area contributed by atoms with Gasteiger partial charge in [-0.2, -0.15) is 5.10 Å². The Balaban J connectivity index is 1.77. The molecule has 3 rings (SSSR count). The highest BCUT2D eigenvalue weighted by atomic mass is 16.1. The normalized spacial score (nSPS) is 10.7. The molecule has 0 spiro atoms. The van der Waals surface area contributed by atoms with Crippen molar-refractivity contribution in [2.24, 2.45) is 0 Å². The highest BCUT2D eigenvalue weighted by molar-refractivity contribution is 6.02. The predicted molar refractivity (Wildman–Crippen MR) is 85.9 cm³/mol. The average Bonchev–Trinajstić information content (AvgIpc) is 3.08. The Hall–Kier alpha value is -3.21. The van der Waals surface area contributed by atoms with E-state index in [4.69, 9.17) is 0 Å². The Bertz CT molecular complexity index is 779. The Morgan fingerprint density at radius 3 is 2.77 bits per heavy atom. The Labute approximate surface area is 127 Å².